The molecule has 3 heterocycles. The highest BCUT2D eigenvalue weighted by molar-refractivity contribution is 7.17. The monoisotopic (exact) mass is 441 g/mol. The van der Waals surface area contributed by atoms with E-state index in [0.29, 0.717) is 34.1 Å². The number of para-hydroxylation sites is 2. The fourth-order valence-corrected chi connectivity index (χ4v) is 4.22. The summed E-state index contributed by atoms with van der Waals surface area (Å²) in [5, 5.41) is 8.86. The molecule has 0 saturated heterocycles. The average Bonchev–Trinajstić information content (AvgIpc) is 3.33. The van der Waals surface area contributed by atoms with Crippen molar-refractivity contribution in [2.45, 2.75) is 33.4 Å². The van der Waals surface area contributed by atoms with E-state index < -0.39 is 11.6 Å². The summed E-state index contributed by atoms with van der Waals surface area (Å²) in [6.07, 6.45) is 0.766. The number of benzene rings is 1. The molecule has 162 valence electrons. The van der Waals surface area contributed by atoms with Crippen LogP contribution < -0.4 is 21.3 Å². The first-order chi connectivity index (χ1) is 14.9. The molecule has 1 aromatic carbocycles. The zero-order valence-electron chi connectivity index (χ0n) is 17.5. The third kappa shape index (κ3) is 3.86. The van der Waals surface area contributed by atoms with E-state index in [1.165, 1.54) is 27.4 Å². The van der Waals surface area contributed by atoms with Crippen molar-refractivity contribution in [2.24, 2.45) is 5.92 Å². The summed E-state index contributed by atoms with van der Waals surface area (Å²) in [6, 6.07) is 8.73. The Morgan fingerprint density at radius 2 is 2.00 bits per heavy atom. The first kappa shape index (κ1) is 20.9. The number of carbonyl (C=O) groups excluding carboxylic acids is 1. The van der Waals surface area contributed by atoms with E-state index in [9.17, 15) is 14.4 Å². The van der Waals surface area contributed by atoms with Crippen LogP contribution in [0.25, 0.3) is 16.0 Å². The number of thiophene rings is 1. The maximum Gasteiger partial charge on any atom is 0.352 e. The maximum atomic E-state index is 13.1. The lowest BCUT2D eigenvalue weighted by atomic mass is 10.1. The topological polar surface area (TPSA) is 99.6 Å². The molecular weight excluding hydrogens is 418 g/mol. The van der Waals surface area contributed by atoms with Gasteiger partial charge < -0.3 is 10.1 Å². The van der Waals surface area contributed by atoms with Crippen molar-refractivity contribution in [3.63, 3.8) is 0 Å². The van der Waals surface area contributed by atoms with Crippen molar-refractivity contribution in [1.29, 1.82) is 0 Å². The zero-order chi connectivity index (χ0) is 22.1. The number of carbonyl (C=O) groups is 1. The number of fused-ring (bicyclic) bond motifs is 3. The number of nitrogens with zero attached hydrogens (tertiary/aromatic N) is 4. The third-order valence-corrected chi connectivity index (χ3v) is 5.88. The minimum atomic E-state index is -0.466. The normalized spacial score (nSPS) is 11.5. The van der Waals surface area contributed by atoms with Gasteiger partial charge in [-0.3, -0.25) is 14.2 Å². The molecule has 10 heteroatoms. The molecule has 0 saturated carbocycles. The highest BCUT2D eigenvalue weighted by Gasteiger charge is 2.20. The molecule has 4 aromatic rings. The van der Waals surface area contributed by atoms with E-state index >= 15 is 0 Å². The number of rotatable bonds is 7. The molecule has 0 aliphatic carbocycles. The van der Waals surface area contributed by atoms with Gasteiger partial charge in [-0.25, -0.2) is 13.9 Å². The number of methoxy groups -OCH3 is 1. The lowest BCUT2D eigenvalue weighted by Crippen LogP contribution is -2.29. The van der Waals surface area contributed by atoms with Crippen LogP contribution >= 0.6 is 11.3 Å². The van der Waals surface area contributed by atoms with Crippen LogP contribution in [-0.2, 0) is 17.9 Å². The molecular formula is C21H23N5O4S. The van der Waals surface area contributed by atoms with E-state index in [1.807, 2.05) is 0 Å². The minimum Gasteiger partial charge on any atom is -0.495 e. The summed E-state index contributed by atoms with van der Waals surface area (Å²) in [7, 11) is 1.51. The molecule has 0 atom stereocenters. The minimum absolute atomic E-state index is 0.172. The number of ether oxygens (including phenoxy) is 1. The van der Waals surface area contributed by atoms with Crippen molar-refractivity contribution in [3.05, 3.63) is 56.5 Å². The molecule has 0 radical (unpaired) electrons. The molecule has 3 aromatic heterocycles. The number of nitrogens with one attached hydrogen (secondary N) is 1. The SMILES string of the molecule is COc1ccccc1NC(=O)Cn1nc2n(CCC(C)C)c(=O)c3sccc3n2c1=O. The second kappa shape index (κ2) is 8.38. The van der Waals surface area contributed by atoms with Crippen LogP contribution in [0, 0.1) is 5.92 Å². The van der Waals surface area contributed by atoms with Crippen LogP contribution in [0.1, 0.15) is 20.3 Å². The van der Waals surface area contributed by atoms with Crippen molar-refractivity contribution < 1.29 is 9.53 Å². The van der Waals surface area contributed by atoms with E-state index in [2.05, 4.69) is 24.3 Å². The first-order valence-corrected chi connectivity index (χ1v) is 10.8. The summed E-state index contributed by atoms with van der Waals surface area (Å²) >= 11 is 1.29. The first-order valence-electron chi connectivity index (χ1n) is 9.93. The van der Waals surface area contributed by atoms with Gasteiger partial charge in [0.2, 0.25) is 11.7 Å². The maximum absolute atomic E-state index is 13.1. The Morgan fingerprint density at radius 3 is 2.74 bits per heavy atom. The number of amides is 1. The Bertz CT molecular complexity index is 1380. The summed E-state index contributed by atoms with van der Waals surface area (Å²) < 4.78 is 9.75. The predicted molar refractivity (Wildman–Crippen MR) is 120 cm³/mol. The van der Waals surface area contributed by atoms with E-state index in [4.69, 9.17) is 4.74 Å². The Kier molecular flexibility index (Phi) is 5.64. The molecule has 1 N–H and O–H groups in total. The number of anilines is 1. The second-order valence-electron chi connectivity index (χ2n) is 7.60. The average molecular weight is 442 g/mol. The van der Waals surface area contributed by atoms with E-state index in [-0.39, 0.29) is 17.9 Å². The lowest BCUT2D eigenvalue weighted by molar-refractivity contribution is -0.117. The standard InChI is InChI=1S/C21H23N5O4S/c1-13(2)8-10-24-19(28)18-15(9-11-31-18)26-20(24)23-25(21(26)29)12-17(27)22-14-6-4-5-7-16(14)30-3/h4-7,9,11,13H,8,10,12H2,1-3H3,(H,22,27). The largest absolute Gasteiger partial charge is 0.495 e. The molecule has 9 nitrogen and oxygen atoms in total. The van der Waals surface area contributed by atoms with E-state index in [1.54, 1.807) is 35.7 Å². The van der Waals surface area contributed by atoms with Gasteiger partial charge in [0.1, 0.15) is 17.0 Å². The second-order valence-corrected chi connectivity index (χ2v) is 8.51. The fraction of sp³-hybridized carbons (Fsp3) is 0.333. The van der Waals surface area contributed by atoms with Crippen LogP contribution in [0.2, 0.25) is 0 Å². The van der Waals surface area contributed by atoms with E-state index in [0.717, 1.165) is 11.1 Å². The Hall–Kier alpha value is -3.40. The molecule has 0 fully saturated rings. The Balaban J connectivity index is 1.75. The number of aromatic nitrogens is 4. The van der Waals surface area contributed by atoms with Crippen LogP contribution in [0.5, 0.6) is 5.75 Å². The summed E-state index contributed by atoms with van der Waals surface area (Å²) in [4.78, 5) is 38.7. The van der Waals surface area contributed by atoms with Crippen molar-refractivity contribution in [2.75, 3.05) is 12.4 Å². The number of hydrogen-bond donors (Lipinski definition) is 1. The third-order valence-electron chi connectivity index (χ3n) is 4.99. The molecule has 0 unspecified atom stereocenters. The summed E-state index contributed by atoms with van der Waals surface area (Å²) in [5.41, 5.74) is 0.369. The van der Waals surface area contributed by atoms with Gasteiger partial charge in [-0.1, -0.05) is 26.0 Å². The highest BCUT2D eigenvalue weighted by Crippen LogP contribution is 2.23. The van der Waals surface area contributed by atoms with Crippen LogP contribution in [0.3, 0.4) is 0 Å². The van der Waals surface area contributed by atoms with Crippen LogP contribution in [0.4, 0.5) is 5.69 Å². The van der Waals surface area contributed by atoms with Gasteiger partial charge >= 0.3 is 5.69 Å². The van der Waals surface area contributed by atoms with Crippen molar-refractivity contribution >= 4 is 38.9 Å². The predicted octanol–water partition coefficient (Wildman–Crippen LogP) is 2.57. The lowest BCUT2D eigenvalue weighted by Gasteiger charge is -2.09. The molecule has 1 amide bonds. The quantitative estimate of drug-likeness (QED) is 0.475. The zero-order valence-corrected chi connectivity index (χ0v) is 18.3. The van der Waals surface area contributed by atoms with Gasteiger partial charge in [0.05, 0.1) is 18.3 Å². The Morgan fingerprint density at radius 1 is 1.23 bits per heavy atom. The summed E-state index contributed by atoms with van der Waals surface area (Å²) in [6.45, 7) is 4.29. The van der Waals surface area contributed by atoms with Crippen molar-refractivity contribution in [1.82, 2.24) is 18.7 Å². The Labute approximate surface area is 181 Å². The molecule has 0 spiro atoms. The highest BCUT2D eigenvalue weighted by atomic mass is 32.1. The molecule has 31 heavy (non-hydrogen) atoms. The van der Waals surface area contributed by atoms with Crippen molar-refractivity contribution in [3.8, 4) is 5.75 Å². The van der Waals surface area contributed by atoms with Gasteiger partial charge in [0, 0.05) is 6.54 Å². The molecule has 4 rings (SSSR count). The van der Waals surface area contributed by atoms with Gasteiger partial charge in [0.25, 0.3) is 5.56 Å². The van der Waals surface area contributed by atoms with Gasteiger partial charge in [0.15, 0.2) is 0 Å². The molecule has 0 aliphatic rings. The molecule has 0 aliphatic heterocycles. The van der Waals surface area contributed by atoms with Crippen LogP contribution in [-0.4, -0.2) is 31.8 Å². The number of hydrogen-bond acceptors (Lipinski definition) is 6. The molecule has 0 bridgehead atoms. The van der Waals surface area contributed by atoms with Gasteiger partial charge in [-0.15, -0.1) is 16.4 Å². The number of aryl methyl sites for hydroxylation is 1. The fourth-order valence-electron chi connectivity index (χ4n) is 3.40. The smallest absolute Gasteiger partial charge is 0.352 e. The van der Waals surface area contributed by atoms with Gasteiger partial charge in [-0.05, 0) is 35.9 Å². The van der Waals surface area contributed by atoms with Crippen LogP contribution in [0.15, 0.2) is 45.3 Å². The summed E-state index contributed by atoms with van der Waals surface area (Å²) in [5.74, 6) is 0.714. The van der Waals surface area contributed by atoms with Gasteiger partial charge in [-0.2, -0.15) is 0 Å².